The number of morpholine rings is 1. The number of benzene rings is 2. The van der Waals surface area contributed by atoms with E-state index in [9.17, 15) is 9.59 Å². The molecule has 1 amide bonds. The van der Waals surface area contributed by atoms with Gasteiger partial charge in [0.25, 0.3) is 5.91 Å². The number of nitrogens with one attached hydrogen (secondary N) is 1. The smallest absolute Gasteiger partial charge is 0.254 e. The Morgan fingerprint density at radius 1 is 1.08 bits per heavy atom. The van der Waals surface area contributed by atoms with Gasteiger partial charge in [-0.15, -0.1) is 0 Å². The van der Waals surface area contributed by atoms with Gasteiger partial charge in [-0.1, -0.05) is 24.3 Å². The highest BCUT2D eigenvalue weighted by atomic mass is 16.5. The second-order valence-electron chi connectivity index (χ2n) is 10.6. The predicted molar refractivity (Wildman–Crippen MR) is 146 cm³/mol. The van der Waals surface area contributed by atoms with Crippen molar-refractivity contribution in [2.45, 2.75) is 45.8 Å². The molecule has 0 aliphatic carbocycles. The van der Waals surface area contributed by atoms with Crippen LogP contribution in [0.3, 0.4) is 0 Å². The van der Waals surface area contributed by atoms with Crippen molar-refractivity contribution in [3.05, 3.63) is 77.1 Å². The Morgan fingerprint density at radius 3 is 2.66 bits per heavy atom. The normalized spacial score (nSPS) is 18.6. The summed E-state index contributed by atoms with van der Waals surface area (Å²) in [5.41, 5.74) is 4.11. The Hall–Kier alpha value is -4.04. The topological polar surface area (TPSA) is 91.4 Å². The summed E-state index contributed by atoms with van der Waals surface area (Å²) >= 11 is 0. The third-order valence-electron chi connectivity index (χ3n) is 7.79. The Labute approximate surface area is 221 Å². The molecule has 1 atom stereocenters. The number of ketones is 1. The first-order chi connectivity index (χ1) is 18.3. The van der Waals surface area contributed by atoms with E-state index in [0.717, 1.165) is 33.5 Å². The number of hydrogen-bond donors (Lipinski definition) is 1. The number of carbonyl (C=O) groups is 2. The van der Waals surface area contributed by atoms with Crippen molar-refractivity contribution in [2.24, 2.45) is 0 Å². The highest BCUT2D eigenvalue weighted by molar-refractivity contribution is 6.00. The minimum absolute atomic E-state index is 0.0679. The van der Waals surface area contributed by atoms with E-state index < -0.39 is 5.54 Å². The zero-order valence-corrected chi connectivity index (χ0v) is 22.1. The van der Waals surface area contributed by atoms with Gasteiger partial charge in [-0.3, -0.25) is 9.59 Å². The first-order valence-corrected chi connectivity index (χ1v) is 13.0. The van der Waals surface area contributed by atoms with E-state index in [-0.39, 0.29) is 17.7 Å². The quantitative estimate of drug-likeness (QED) is 0.392. The molecular formula is C30H31N5O3. The van der Waals surface area contributed by atoms with Gasteiger partial charge in [0.1, 0.15) is 5.82 Å². The van der Waals surface area contributed by atoms with Crippen molar-refractivity contribution < 1.29 is 14.3 Å². The Balaban J connectivity index is 1.50. The number of amides is 1. The summed E-state index contributed by atoms with van der Waals surface area (Å²) in [6.07, 6.45) is 1.92. The van der Waals surface area contributed by atoms with Crippen LogP contribution in [0.1, 0.15) is 59.7 Å². The summed E-state index contributed by atoms with van der Waals surface area (Å²) in [5, 5.41) is 1.05. The number of hydrogen-bond acceptors (Lipinski definition) is 6. The van der Waals surface area contributed by atoms with Gasteiger partial charge in [-0.25, -0.2) is 9.97 Å². The number of anilines is 1. The van der Waals surface area contributed by atoms with Crippen LogP contribution in [0.15, 0.2) is 54.7 Å². The van der Waals surface area contributed by atoms with Gasteiger partial charge >= 0.3 is 0 Å². The van der Waals surface area contributed by atoms with Crippen LogP contribution in [0.25, 0.3) is 22.3 Å². The molecule has 0 spiro atoms. The van der Waals surface area contributed by atoms with Crippen LogP contribution in [-0.2, 0) is 16.8 Å². The summed E-state index contributed by atoms with van der Waals surface area (Å²) in [5.74, 6) is 1.30. The minimum atomic E-state index is -0.688. The lowest BCUT2D eigenvalue weighted by atomic mass is 9.97. The average Bonchev–Trinajstić information content (AvgIpc) is 3.50. The van der Waals surface area contributed by atoms with E-state index in [4.69, 9.17) is 14.7 Å². The molecule has 1 unspecified atom stereocenters. The maximum atomic E-state index is 13.9. The SMILES string of the molecule is CC(=O)c1cccc(C(=O)N2Cc3c(N4CCOCC4C)nc(-c4cccc5[nH]ccc45)nc3C2(C)C)c1. The number of ether oxygens (including phenoxy) is 1. The lowest BCUT2D eigenvalue weighted by Gasteiger charge is -2.35. The fourth-order valence-electron chi connectivity index (χ4n) is 5.64. The molecule has 1 fully saturated rings. The summed E-state index contributed by atoms with van der Waals surface area (Å²) < 4.78 is 5.72. The average molecular weight is 510 g/mol. The molecule has 1 saturated heterocycles. The maximum Gasteiger partial charge on any atom is 0.254 e. The van der Waals surface area contributed by atoms with E-state index in [1.54, 1.807) is 24.3 Å². The number of H-pyrrole nitrogens is 1. The van der Waals surface area contributed by atoms with Gasteiger partial charge in [-0.2, -0.15) is 0 Å². The minimum Gasteiger partial charge on any atom is -0.377 e. The second-order valence-corrected chi connectivity index (χ2v) is 10.6. The van der Waals surface area contributed by atoms with Crippen molar-refractivity contribution in [1.29, 1.82) is 0 Å². The highest BCUT2D eigenvalue weighted by Gasteiger charge is 2.45. The van der Waals surface area contributed by atoms with Crippen molar-refractivity contribution >= 4 is 28.4 Å². The summed E-state index contributed by atoms with van der Waals surface area (Å²) in [4.78, 5) is 43.5. The van der Waals surface area contributed by atoms with E-state index in [1.807, 2.05) is 49.2 Å². The molecule has 194 valence electrons. The molecule has 4 heterocycles. The number of Topliss-reactive ketones (excluding diaryl/α,β-unsaturated/α-hetero) is 1. The monoisotopic (exact) mass is 509 g/mol. The van der Waals surface area contributed by atoms with Crippen LogP contribution in [0.5, 0.6) is 0 Å². The molecule has 8 nitrogen and oxygen atoms in total. The van der Waals surface area contributed by atoms with Gasteiger partial charge < -0.3 is 19.5 Å². The van der Waals surface area contributed by atoms with Crippen LogP contribution >= 0.6 is 0 Å². The van der Waals surface area contributed by atoms with E-state index in [1.165, 1.54) is 6.92 Å². The molecule has 2 aromatic carbocycles. The fraction of sp³-hybridized carbons (Fsp3) is 0.333. The predicted octanol–water partition coefficient (Wildman–Crippen LogP) is 4.94. The van der Waals surface area contributed by atoms with Crippen LogP contribution in [0, 0.1) is 0 Å². The molecule has 2 aromatic heterocycles. The van der Waals surface area contributed by atoms with Crippen molar-refractivity contribution in [1.82, 2.24) is 19.9 Å². The Bertz CT molecular complexity index is 1570. The number of carbonyl (C=O) groups excluding carboxylic acids is 2. The molecule has 8 heteroatoms. The second kappa shape index (κ2) is 9.06. The molecule has 4 aromatic rings. The molecule has 2 aliphatic rings. The van der Waals surface area contributed by atoms with Gasteiger partial charge in [0.05, 0.1) is 37.0 Å². The largest absolute Gasteiger partial charge is 0.377 e. The number of aromatic nitrogens is 3. The van der Waals surface area contributed by atoms with E-state index >= 15 is 0 Å². The summed E-state index contributed by atoms with van der Waals surface area (Å²) in [7, 11) is 0. The molecule has 2 aliphatic heterocycles. The Morgan fingerprint density at radius 2 is 1.87 bits per heavy atom. The molecule has 38 heavy (non-hydrogen) atoms. The zero-order chi connectivity index (χ0) is 26.6. The molecule has 0 bridgehead atoms. The van der Waals surface area contributed by atoms with Crippen molar-refractivity contribution in [3.8, 4) is 11.4 Å². The molecular weight excluding hydrogens is 478 g/mol. The third-order valence-corrected chi connectivity index (χ3v) is 7.79. The molecule has 6 rings (SSSR count). The number of rotatable bonds is 4. The number of aromatic amines is 1. The van der Waals surface area contributed by atoms with Crippen LogP contribution < -0.4 is 4.90 Å². The fourth-order valence-corrected chi connectivity index (χ4v) is 5.64. The lowest BCUT2D eigenvalue weighted by Crippen LogP contribution is -2.44. The van der Waals surface area contributed by atoms with E-state index in [0.29, 0.717) is 43.3 Å². The van der Waals surface area contributed by atoms with E-state index in [2.05, 4.69) is 16.8 Å². The Kier molecular flexibility index (Phi) is 5.79. The van der Waals surface area contributed by atoms with Gasteiger partial charge in [-0.05, 0) is 52.0 Å². The first-order valence-electron chi connectivity index (χ1n) is 13.0. The highest BCUT2D eigenvalue weighted by Crippen LogP contribution is 2.44. The summed E-state index contributed by atoms with van der Waals surface area (Å²) in [6.45, 7) is 10.1. The van der Waals surface area contributed by atoms with Gasteiger partial charge in [0.15, 0.2) is 11.6 Å². The molecule has 0 saturated carbocycles. The summed E-state index contributed by atoms with van der Waals surface area (Å²) in [6, 6.07) is 15.2. The zero-order valence-electron chi connectivity index (χ0n) is 22.1. The van der Waals surface area contributed by atoms with Gasteiger partial charge in [0, 0.05) is 45.9 Å². The third kappa shape index (κ3) is 3.87. The van der Waals surface area contributed by atoms with Crippen LogP contribution in [0.4, 0.5) is 5.82 Å². The number of nitrogens with zero attached hydrogens (tertiary/aromatic N) is 4. The van der Waals surface area contributed by atoms with Crippen molar-refractivity contribution in [3.63, 3.8) is 0 Å². The van der Waals surface area contributed by atoms with Crippen LogP contribution in [0.2, 0.25) is 0 Å². The molecule has 1 N–H and O–H groups in total. The van der Waals surface area contributed by atoms with Crippen LogP contribution in [-0.4, -0.2) is 57.3 Å². The maximum absolute atomic E-state index is 13.9. The van der Waals surface area contributed by atoms with Gasteiger partial charge in [0.2, 0.25) is 0 Å². The van der Waals surface area contributed by atoms with Crippen molar-refractivity contribution in [2.75, 3.05) is 24.7 Å². The standard InChI is InChI=1S/C30H31N5O3/c1-18-17-38-14-13-34(18)28-24-16-35(29(37)21-8-5-7-20(15-21)19(2)36)30(3,4)26(24)32-27(33-28)23-9-6-10-25-22(23)11-12-31-25/h5-12,15,18,31H,13-14,16-17H2,1-4H3. The first kappa shape index (κ1) is 24.3. The lowest BCUT2D eigenvalue weighted by molar-refractivity contribution is 0.0570. The molecule has 0 radical (unpaired) electrons. The number of fused-ring (bicyclic) bond motifs is 2.